The number of carbonyl (C=O) groups is 1. The van der Waals surface area contributed by atoms with Gasteiger partial charge >= 0.3 is 0 Å². The van der Waals surface area contributed by atoms with Gasteiger partial charge in [-0.3, -0.25) is 9.69 Å². The van der Waals surface area contributed by atoms with Crippen LogP contribution in [-0.4, -0.2) is 48.2 Å². The van der Waals surface area contributed by atoms with Crippen molar-refractivity contribution in [1.29, 1.82) is 0 Å². The monoisotopic (exact) mass is 320 g/mol. The number of halogens is 1. The van der Waals surface area contributed by atoms with Crippen molar-refractivity contribution >= 4 is 16.9 Å². The maximum atomic E-state index is 13.7. The summed E-state index contributed by atoms with van der Waals surface area (Å²) in [6, 6.07) is 4.65. The summed E-state index contributed by atoms with van der Waals surface area (Å²) in [5, 5.41) is 13.1. The minimum Gasteiger partial charge on any atom is -0.448 e. The predicted octanol–water partition coefficient (Wildman–Crippen LogP) is 2.07. The maximum absolute atomic E-state index is 13.7. The number of fused-ring (bicyclic) bond motifs is 1. The molecule has 0 aliphatic carbocycles. The third-order valence-corrected chi connectivity index (χ3v) is 4.32. The van der Waals surface area contributed by atoms with Gasteiger partial charge < -0.3 is 14.8 Å². The fourth-order valence-corrected chi connectivity index (χ4v) is 3.07. The molecule has 0 unspecified atom stereocenters. The van der Waals surface area contributed by atoms with Gasteiger partial charge in [0.1, 0.15) is 0 Å². The Balaban J connectivity index is 1.62. The average molecular weight is 320 g/mol. The van der Waals surface area contributed by atoms with E-state index in [0.717, 1.165) is 19.4 Å². The molecule has 1 aliphatic rings. The van der Waals surface area contributed by atoms with Crippen LogP contribution >= 0.6 is 0 Å². The molecule has 1 amide bonds. The quantitative estimate of drug-likeness (QED) is 0.905. The second-order valence-electron chi connectivity index (χ2n) is 6.03. The van der Waals surface area contributed by atoms with Crippen LogP contribution in [0.1, 0.15) is 29.0 Å². The molecule has 0 bridgehead atoms. The van der Waals surface area contributed by atoms with Gasteiger partial charge in [-0.25, -0.2) is 4.39 Å². The van der Waals surface area contributed by atoms with Gasteiger partial charge in [-0.15, -0.1) is 0 Å². The van der Waals surface area contributed by atoms with Gasteiger partial charge in [0.2, 0.25) is 0 Å². The molecule has 1 saturated heterocycles. The number of nitrogens with one attached hydrogen (secondary N) is 1. The number of amides is 1. The number of aliphatic hydroxyl groups is 1. The number of rotatable bonds is 4. The zero-order chi connectivity index (χ0) is 16.4. The van der Waals surface area contributed by atoms with Crippen molar-refractivity contribution in [2.24, 2.45) is 0 Å². The Morgan fingerprint density at radius 2 is 2.35 bits per heavy atom. The number of carbonyl (C=O) groups excluding carboxylic acids is 1. The molecule has 1 aromatic carbocycles. The minimum atomic E-state index is -0.466. The Morgan fingerprint density at radius 3 is 3.09 bits per heavy atom. The summed E-state index contributed by atoms with van der Waals surface area (Å²) in [5.74, 6) is -0.647. The van der Waals surface area contributed by atoms with E-state index in [1.807, 2.05) is 0 Å². The summed E-state index contributed by atoms with van der Waals surface area (Å²) in [5.41, 5.74) is 0.764. The molecule has 1 fully saturated rings. The Hall–Kier alpha value is -1.92. The number of aliphatic hydroxyl groups excluding tert-OH is 1. The molecular formula is C17H21FN2O3. The lowest BCUT2D eigenvalue weighted by Gasteiger charge is -2.29. The molecule has 2 heterocycles. The van der Waals surface area contributed by atoms with E-state index in [1.54, 1.807) is 19.1 Å². The SMILES string of the molecule is Cc1c(C(=O)NCCN2CCC[C@@H](O)C2)oc2c(F)cccc12. The van der Waals surface area contributed by atoms with Crippen LogP contribution < -0.4 is 5.32 Å². The summed E-state index contributed by atoms with van der Waals surface area (Å²) < 4.78 is 19.1. The van der Waals surface area contributed by atoms with E-state index in [2.05, 4.69) is 10.2 Å². The molecular weight excluding hydrogens is 299 g/mol. The average Bonchev–Trinajstić information content (AvgIpc) is 2.86. The van der Waals surface area contributed by atoms with E-state index >= 15 is 0 Å². The van der Waals surface area contributed by atoms with Crippen LogP contribution in [0.15, 0.2) is 22.6 Å². The minimum absolute atomic E-state index is 0.120. The Bertz CT molecular complexity index is 713. The van der Waals surface area contributed by atoms with Crippen LogP contribution in [0.2, 0.25) is 0 Å². The first-order valence-corrected chi connectivity index (χ1v) is 7.92. The highest BCUT2D eigenvalue weighted by Gasteiger charge is 2.20. The predicted molar refractivity (Wildman–Crippen MR) is 84.9 cm³/mol. The number of piperidine rings is 1. The first-order valence-electron chi connectivity index (χ1n) is 7.92. The fourth-order valence-electron chi connectivity index (χ4n) is 3.07. The van der Waals surface area contributed by atoms with E-state index in [-0.39, 0.29) is 23.4 Å². The van der Waals surface area contributed by atoms with E-state index in [4.69, 9.17) is 4.42 Å². The highest BCUT2D eigenvalue weighted by atomic mass is 19.1. The van der Waals surface area contributed by atoms with Crippen LogP contribution in [-0.2, 0) is 0 Å². The van der Waals surface area contributed by atoms with Gasteiger partial charge in [-0.2, -0.15) is 0 Å². The molecule has 23 heavy (non-hydrogen) atoms. The van der Waals surface area contributed by atoms with E-state index < -0.39 is 5.82 Å². The summed E-state index contributed by atoms with van der Waals surface area (Å²) in [4.78, 5) is 14.4. The standard InChI is InChI=1S/C17H21FN2O3/c1-11-13-5-2-6-14(18)16(13)23-15(11)17(22)19-7-9-20-8-3-4-12(21)10-20/h2,5-6,12,21H,3-4,7-10H2,1H3,(H,19,22)/t12-/m1/s1. The molecule has 124 valence electrons. The lowest BCUT2D eigenvalue weighted by Crippen LogP contribution is -2.42. The van der Waals surface area contributed by atoms with E-state index in [1.165, 1.54) is 6.07 Å². The topological polar surface area (TPSA) is 65.7 Å². The third kappa shape index (κ3) is 3.38. The van der Waals surface area contributed by atoms with E-state index in [0.29, 0.717) is 30.6 Å². The molecule has 1 atom stereocenters. The normalized spacial score (nSPS) is 19.2. The number of para-hydroxylation sites is 1. The molecule has 1 aromatic heterocycles. The van der Waals surface area contributed by atoms with Crippen LogP contribution in [0.4, 0.5) is 4.39 Å². The number of likely N-dealkylation sites (tertiary alicyclic amines) is 1. The second-order valence-corrected chi connectivity index (χ2v) is 6.03. The van der Waals surface area contributed by atoms with Crippen LogP contribution in [0.5, 0.6) is 0 Å². The first-order chi connectivity index (χ1) is 11.1. The lowest BCUT2D eigenvalue weighted by molar-refractivity contribution is 0.0700. The highest BCUT2D eigenvalue weighted by molar-refractivity contribution is 5.98. The lowest BCUT2D eigenvalue weighted by atomic mass is 10.1. The van der Waals surface area contributed by atoms with Crippen molar-refractivity contribution in [3.63, 3.8) is 0 Å². The number of hydrogen-bond acceptors (Lipinski definition) is 4. The molecule has 5 nitrogen and oxygen atoms in total. The zero-order valence-corrected chi connectivity index (χ0v) is 13.1. The Kier molecular flexibility index (Phi) is 4.63. The summed E-state index contributed by atoms with van der Waals surface area (Å²) in [6.45, 7) is 4.47. The molecule has 6 heteroatoms. The maximum Gasteiger partial charge on any atom is 0.287 e. The van der Waals surface area contributed by atoms with Crippen molar-refractivity contribution < 1.29 is 18.7 Å². The number of aryl methyl sites for hydroxylation is 1. The molecule has 0 saturated carbocycles. The fraction of sp³-hybridized carbons (Fsp3) is 0.471. The number of nitrogens with zero attached hydrogens (tertiary/aromatic N) is 1. The summed E-state index contributed by atoms with van der Waals surface area (Å²) in [7, 11) is 0. The number of furan rings is 1. The van der Waals surface area contributed by atoms with Crippen molar-refractivity contribution in [1.82, 2.24) is 10.2 Å². The smallest absolute Gasteiger partial charge is 0.287 e. The van der Waals surface area contributed by atoms with Crippen molar-refractivity contribution in [3.8, 4) is 0 Å². The van der Waals surface area contributed by atoms with Gasteiger partial charge in [0.25, 0.3) is 5.91 Å². The van der Waals surface area contributed by atoms with Crippen LogP contribution in [0, 0.1) is 12.7 Å². The van der Waals surface area contributed by atoms with Gasteiger partial charge in [0, 0.05) is 30.6 Å². The molecule has 0 spiro atoms. The summed E-state index contributed by atoms with van der Waals surface area (Å²) >= 11 is 0. The molecule has 2 aromatic rings. The zero-order valence-electron chi connectivity index (χ0n) is 13.1. The van der Waals surface area contributed by atoms with Gasteiger partial charge in [-0.05, 0) is 32.4 Å². The van der Waals surface area contributed by atoms with Crippen LogP contribution in [0.25, 0.3) is 11.0 Å². The molecule has 1 aliphatic heterocycles. The largest absolute Gasteiger partial charge is 0.448 e. The number of hydrogen-bond donors (Lipinski definition) is 2. The molecule has 0 radical (unpaired) electrons. The Labute approximate surface area is 134 Å². The van der Waals surface area contributed by atoms with E-state index in [9.17, 15) is 14.3 Å². The molecule has 2 N–H and O–H groups in total. The van der Waals surface area contributed by atoms with Crippen LogP contribution in [0.3, 0.4) is 0 Å². The van der Waals surface area contributed by atoms with Gasteiger partial charge in [0.05, 0.1) is 6.10 Å². The Morgan fingerprint density at radius 1 is 1.52 bits per heavy atom. The summed E-state index contributed by atoms with van der Waals surface area (Å²) in [6.07, 6.45) is 1.53. The molecule has 3 rings (SSSR count). The number of β-amino-alcohol motifs (C(OH)–C–C–N with tert-alkyl or cyclic N) is 1. The van der Waals surface area contributed by atoms with Crippen molar-refractivity contribution in [3.05, 3.63) is 35.3 Å². The second kappa shape index (κ2) is 6.68. The highest BCUT2D eigenvalue weighted by Crippen LogP contribution is 2.27. The number of benzene rings is 1. The third-order valence-electron chi connectivity index (χ3n) is 4.32. The first kappa shape index (κ1) is 16.0. The van der Waals surface area contributed by atoms with Gasteiger partial charge in [0.15, 0.2) is 17.2 Å². The van der Waals surface area contributed by atoms with Gasteiger partial charge in [-0.1, -0.05) is 12.1 Å². The van der Waals surface area contributed by atoms with Crippen molar-refractivity contribution in [2.75, 3.05) is 26.2 Å². The van der Waals surface area contributed by atoms with Crippen molar-refractivity contribution in [2.45, 2.75) is 25.9 Å².